The summed E-state index contributed by atoms with van der Waals surface area (Å²) in [5.74, 6) is -1.23. The molecule has 1 heterocycles. The van der Waals surface area contributed by atoms with E-state index in [4.69, 9.17) is 0 Å². The van der Waals surface area contributed by atoms with E-state index in [1.54, 1.807) is 6.20 Å². The fraction of sp³-hybridized carbons (Fsp3) is 0.333. The second-order valence-electron chi connectivity index (χ2n) is 1.84. The maximum atomic E-state index is 10.1. The van der Waals surface area contributed by atoms with Gasteiger partial charge in [0.05, 0.1) is 5.97 Å². The van der Waals surface area contributed by atoms with E-state index in [-0.39, 0.29) is 5.69 Å². The van der Waals surface area contributed by atoms with Crippen molar-refractivity contribution in [2.75, 3.05) is 0 Å². The molecule has 1 rings (SSSR count). The number of rotatable bonds is 2. The van der Waals surface area contributed by atoms with E-state index in [0.717, 1.165) is 0 Å². The number of carboxylic acid groups (broad SMARTS) is 1. The van der Waals surface area contributed by atoms with Crippen molar-refractivity contribution in [3.8, 4) is 0 Å². The summed E-state index contributed by atoms with van der Waals surface area (Å²) in [6, 6.07) is 1.42. The lowest BCUT2D eigenvalue weighted by Crippen LogP contribution is -2.23. The van der Waals surface area contributed by atoms with Crippen LogP contribution in [-0.2, 0) is 6.54 Å². The SMILES string of the molecule is CCn1ccc(C(=O)[O-])n1. The van der Waals surface area contributed by atoms with Crippen LogP contribution in [0.15, 0.2) is 12.3 Å². The lowest BCUT2D eigenvalue weighted by Gasteiger charge is -1.94. The Morgan fingerprint density at radius 2 is 2.60 bits per heavy atom. The molecule has 0 amide bonds. The highest BCUT2D eigenvalue weighted by molar-refractivity contribution is 5.83. The van der Waals surface area contributed by atoms with Gasteiger partial charge in [-0.2, -0.15) is 5.10 Å². The van der Waals surface area contributed by atoms with Gasteiger partial charge in [0.2, 0.25) is 0 Å². The highest BCUT2D eigenvalue weighted by Crippen LogP contribution is 1.92. The molecule has 0 aliphatic rings. The van der Waals surface area contributed by atoms with Crippen LogP contribution < -0.4 is 5.11 Å². The van der Waals surface area contributed by atoms with Gasteiger partial charge in [-0.3, -0.25) is 4.68 Å². The van der Waals surface area contributed by atoms with Crippen molar-refractivity contribution in [3.05, 3.63) is 18.0 Å². The highest BCUT2D eigenvalue weighted by atomic mass is 16.4. The van der Waals surface area contributed by atoms with Crippen molar-refractivity contribution in [2.45, 2.75) is 13.5 Å². The molecular formula is C6H7N2O2-. The zero-order valence-electron chi connectivity index (χ0n) is 5.57. The Bertz CT molecular complexity index is 242. The minimum Gasteiger partial charge on any atom is -0.543 e. The van der Waals surface area contributed by atoms with E-state index in [1.165, 1.54) is 10.7 Å². The van der Waals surface area contributed by atoms with Gasteiger partial charge in [0.1, 0.15) is 5.69 Å². The smallest absolute Gasteiger partial charge is 0.108 e. The summed E-state index contributed by atoms with van der Waals surface area (Å²) >= 11 is 0. The molecule has 10 heavy (non-hydrogen) atoms. The van der Waals surface area contributed by atoms with Gasteiger partial charge in [0.25, 0.3) is 0 Å². The van der Waals surface area contributed by atoms with E-state index in [9.17, 15) is 9.90 Å². The molecular weight excluding hydrogens is 132 g/mol. The second-order valence-corrected chi connectivity index (χ2v) is 1.84. The van der Waals surface area contributed by atoms with Crippen molar-refractivity contribution < 1.29 is 9.90 Å². The third-order valence-electron chi connectivity index (χ3n) is 1.17. The number of hydrogen-bond donors (Lipinski definition) is 0. The summed E-state index contributed by atoms with van der Waals surface area (Å²) in [6.45, 7) is 2.55. The number of aromatic nitrogens is 2. The Morgan fingerprint density at radius 1 is 1.90 bits per heavy atom. The Hall–Kier alpha value is -1.32. The number of aryl methyl sites for hydroxylation is 1. The quantitative estimate of drug-likeness (QED) is 0.542. The fourth-order valence-electron chi connectivity index (χ4n) is 0.647. The summed E-state index contributed by atoms with van der Waals surface area (Å²) in [4.78, 5) is 10.1. The number of hydrogen-bond acceptors (Lipinski definition) is 3. The first-order valence-corrected chi connectivity index (χ1v) is 2.99. The first-order chi connectivity index (χ1) is 4.74. The Labute approximate surface area is 58.1 Å². The van der Waals surface area contributed by atoms with E-state index >= 15 is 0 Å². The molecule has 0 aliphatic carbocycles. The topological polar surface area (TPSA) is 58.0 Å². The summed E-state index contributed by atoms with van der Waals surface area (Å²) < 4.78 is 1.53. The molecule has 0 atom stereocenters. The minimum absolute atomic E-state index is 0.0122. The molecule has 0 aromatic carbocycles. The van der Waals surface area contributed by atoms with Crippen molar-refractivity contribution >= 4 is 5.97 Å². The van der Waals surface area contributed by atoms with Crippen molar-refractivity contribution in [1.82, 2.24) is 9.78 Å². The van der Waals surface area contributed by atoms with Gasteiger partial charge < -0.3 is 9.90 Å². The number of carboxylic acids is 1. The van der Waals surface area contributed by atoms with Gasteiger partial charge in [-0.05, 0) is 13.0 Å². The molecule has 0 unspecified atom stereocenters. The zero-order valence-corrected chi connectivity index (χ0v) is 5.57. The largest absolute Gasteiger partial charge is 0.543 e. The van der Waals surface area contributed by atoms with Crippen LogP contribution in [0.1, 0.15) is 17.4 Å². The van der Waals surface area contributed by atoms with Crippen LogP contribution in [0.5, 0.6) is 0 Å². The average molecular weight is 139 g/mol. The van der Waals surface area contributed by atoms with E-state index in [1.807, 2.05) is 6.92 Å². The zero-order chi connectivity index (χ0) is 7.56. The summed E-state index contributed by atoms with van der Waals surface area (Å²) in [5.41, 5.74) is -0.0122. The Morgan fingerprint density at radius 3 is 2.90 bits per heavy atom. The van der Waals surface area contributed by atoms with Crippen LogP contribution in [0.2, 0.25) is 0 Å². The maximum absolute atomic E-state index is 10.1. The van der Waals surface area contributed by atoms with Gasteiger partial charge in [-0.1, -0.05) is 0 Å². The van der Waals surface area contributed by atoms with Crippen LogP contribution in [0.4, 0.5) is 0 Å². The molecule has 0 saturated carbocycles. The van der Waals surface area contributed by atoms with E-state index < -0.39 is 5.97 Å². The highest BCUT2D eigenvalue weighted by Gasteiger charge is 1.95. The molecule has 1 aromatic heterocycles. The minimum atomic E-state index is -1.23. The van der Waals surface area contributed by atoms with E-state index in [0.29, 0.717) is 6.54 Å². The van der Waals surface area contributed by atoms with Crippen molar-refractivity contribution in [2.24, 2.45) is 0 Å². The number of carbonyl (C=O) groups is 1. The van der Waals surface area contributed by atoms with Crippen LogP contribution in [-0.4, -0.2) is 15.7 Å². The molecule has 0 bridgehead atoms. The lowest BCUT2D eigenvalue weighted by molar-refractivity contribution is -0.255. The summed E-state index contributed by atoms with van der Waals surface area (Å²) in [7, 11) is 0. The van der Waals surface area contributed by atoms with Gasteiger partial charge in [0, 0.05) is 12.7 Å². The van der Waals surface area contributed by atoms with Crippen LogP contribution >= 0.6 is 0 Å². The summed E-state index contributed by atoms with van der Waals surface area (Å²) in [6.07, 6.45) is 1.60. The second kappa shape index (κ2) is 2.51. The predicted octanol–water partition coefficient (Wildman–Crippen LogP) is -0.734. The standard InChI is InChI=1S/C6H8N2O2/c1-2-8-4-3-5(7-8)6(9)10/h3-4H,2H2,1H3,(H,9,10)/p-1. The van der Waals surface area contributed by atoms with Gasteiger partial charge in [0.15, 0.2) is 0 Å². The number of carbonyl (C=O) groups excluding carboxylic acids is 1. The molecule has 0 N–H and O–H groups in total. The van der Waals surface area contributed by atoms with Crippen molar-refractivity contribution in [3.63, 3.8) is 0 Å². The van der Waals surface area contributed by atoms with Gasteiger partial charge >= 0.3 is 0 Å². The maximum Gasteiger partial charge on any atom is 0.108 e. The molecule has 0 aliphatic heterocycles. The predicted molar refractivity (Wildman–Crippen MR) is 32.2 cm³/mol. The molecule has 0 radical (unpaired) electrons. The molecule has 1 aromatic rings. The molecule has 4 heteroatoms. The molecule has 54 valence electrons. The van der Waals surface area contributed by atoms with E-state index in [2.05, 4.69) is 5.10 Å². The van der Waals surface area contributed by atoms with Gasteiger partial charge in [-0.15, -0.1) is 0 Å². The lowest BCUT2D eigenvalue weighted by atomic mass is 10.5. The van der Waals surface area contributed by atoms with Gasteiger partial charge in [-0.25, -0.2) is 0 Å². The van der Waals surface area contributed by atoms with Crippen LogP contribution in [0.25, 0.3) is 0 Å². The number of nitrogens with zero attached hydrogens (tertiary/aromatic N) is 2. The fourth-order valence-corrected chi connectivity index (χ4v) is 0.647. The first-order valence-electron chi connectivity index (χ1n) is 2.99. The molecule has 0 spiro atoms. The van der Waals surface area contributed by atoms with Crippen LogP contribution in [0.3, 0.4) is 0 Å². The van der Waals surface area contributed by atoms with Crippen molar-refractivity contribution in [1.29, 1.82) is 0 Å². The normalized spacial score (nSPS) is 9.70. The average Bonchev–Trinajstić information content (AvgIpc) is 2.34. The first kappa shape index (κ1) is 6.80. The Kier molecular flexibility index (Phi) is 1.71. The third-order valence-corrected chi connectivity index (χ3v) is 1.17. The van der Waals surface area contributed by atoms with Crippen LogP contribution in [0, 0.1) is 0 Å². The monoisotopic (exact) mass is 139 g/mol. The third kappa shape index (κ3) is 1.15. The number of aromatic carboxylic acids is 1. The molecule has 4 nitrogen and oxygen atoms in total. The summed E-state index contributed by atoms with van der Waals surface area (Å²) in [5, 5.41) is 13.8. The molecule has 0 saturated heterocycles. The Balaban J connectivity index is 2.88. The molecule has 0 fully saturated rings.